The third kappa shape index (κ3) is 5.83. The summed E-state index contributed by atoms with van der Waals surface area (Å²) in [5.41, 5.74) is 0.297. The Hall–Kier alpha value is -1.35. The third-order valence-electron chi connectivity index (χ3n) is 4.57. The normalized spacial score (nSPS) is 17.9. The summed E-state index contributed by atoms with van der Waals surface area (Å²) in [5.74, 6) is -1.07. The monoisotopic (exact) mass is 449 g/mol. The maximum Gasteiger partial charge on any atom is 0.244 e. The average molecular weight is 450 g/mol. The van der Waals surface area contributed by atoms with Crippen molar-refractivity contribution in [3.05, 3.63) is 28.2 Å². The number of rotatable bonds is 7. The fraction of sp³-hybridized carbons (Fsp3) is 0.556. The second kappa shape index (κ2) is 9.91. The molecule has 156 valence electrons. The van der Waals surface area contributed by atoms with Crippen LogP contribution in [0, 0.1) is 5.92 Å². The predicted octanol–water partition coefficient (Wildman–Crippen LogP) is 2.84. The Morgan fingerprint density at radius 2 is 1.93 bits per heavy atom. The Bertz CT molecular complexity index is 812. The Kier molecular flexibility index (Phi) is 8.12. The quantitative estimate of drug-likeness (QED) is 0.692. The van der Waals surface area contributed by atoms with Gasteiger partial charge in [0.2, 0.25) is 21.8 Å². The number of nitrogens with zero attached hydrogens (tertiary/aromatic N) is 2. The fourth-order valence-corrected chi connectivity index (χ4v) is 5.27. The molecule has 1 aromatic carbocycles. The number of para-hydroxylation sites is 1. The van der Waals surface area contributed by atoms with Crippen LogP contribution in [0.15, 0.2) is 18.2 Å². The van der Waals surface area contributed by atoms with Gasteiger partial charge in [0.25, 0.3) is 0 Å². The molecule has 2 amide bonds. The Labute approximate surface area is 176 Å². The number of halogens is 2. The lowest BCUT2D eigenvalue weighted by Gasteiger charge is -2.33. The first-order chi connectivity index (χ1) is 13.2. The molecule has 1 aliphatic rings. The van der Waals surface area contributed by atoms with Gasteiger partial charge in [0.15, 0.2) is 0 Å². The summed E-state index contributed by atoms with van der Waals surface area (Å²) < 4.78 is 25.9. The fourth-order valence-electron chi connectivity index (χ4n) is 3.18. The molecule has 1 N–H and O–H groups in total. The highest BCUT2D eigenvalue weighted by atomic mass is 35.5. The minimum atomic E-state index is -3.34. The van der Waals surface area contributed by atoms with Gasteiger partial charge in [0.05, 0.1) is 33.9 Å². The molecule has 0 spiro atoms. The molecule has 1 heterocycles. The predicted molar refractivity (Wildman–Crippen MR) is 111 cm³/mol. The van der Waals surface area contributed by atoms with Crippen LogP contribution in [0.25, 0.3) is 0 Å². The molecule has 1 fully saturated rings. The number of anilines is 1. The molecule has 1 saturated heterocycles. The minimum Gasteiger partial charge on any atom is -0.336 e. The van der Waals surface area contributed by atoms with Crippen LogP contribution in [-0.2, 0) is 19.6 Å². The molecule has 1 aromatic rings. The van der Waals surface area contributed by atoms with Crippen LogP contribution in [0.2, 0.25) is 10.0 Å². The number of hydrogen-bond donors (Lipinski definition) is 1. The van der Waals surface area contributed by atoms with Crippen LogP contribution in [0.3, 0.4) is 0 Å². The van der Waals surface area contributed by atoms with Crippen LogP contribution >= 0.6 is 23.2 Å². The van der Waals surface area contributed by atoms with E-state index in [0.717, 1.165) is 0 Å². The number of benzene rings is 1. The molecule has 28 heavy (non-hydrogen) atoms. The van der Waals surface area contributed by atoms with Crippen molar-refractivity contribution in [1.82, 2.24) is 9.21 Å². The molecule has 0 aliphatic carbocycles. The standard InChI is InChI=1S/C18H25Cl2N3O4S/c1-3-10-28(26,27)23-9-5-6-13(11-23)18(25)22(2)12-16(24)21-17-14(19)7-4-8-15(17)20/h4,7-8,13H,3,5-6,9-12H2,1-2H3,(H,21,24). The first-order valence-corrected chi connectivity index (χ1v) is 11.5. The van der Waals surface area contributed by atoms with E-state index in [-0.39, 0.29) is 24.7 Å². The summed E-state index contributed by atoms with van der Waals surface area (Å²) in [7, 11) is -1.82. The minimum absolute atomic E-state index is 0.0742. The summed E-state index contributed by atoms with van der Waals surface area (Å²) in [6, 6.07) is 4.87. The van der Waals surface area contributed by atoms with Gasteiger partial charge in [-0.1, -0.05) is 36.2 Å². The van der Waals surface area contributed by atoms with Gasteiger partial charge in [-0.25, -0.2) is 12.7 Å². The van der Waals surface area contributed by atoms with Gasteiger partial charge >= 0.3 is 0 Å². The molecule has 1 unspecified atom stereocenters. The van der Waals surface area contributed by atoms with Gasteiger partial charge in [0.1, 0.15) is 0 Å². The number of amides is 2. The average Bonchev–Trinajstić information content (AvgIpc) is 2.64. The molecule has 0 aromatic heterocycles. The van der Waals surface area contributed by atoms with Crippen LogP contribution in [0.1, 0.15) is 26.2 Å². The highest BCUT2D eigenvalue weighted by Gasteiger charge is 2.33. The zero-order valence-electron chi connectivity index (χ0n) is 16.0. The molecule has 2 rings (SSSR count). The molecular formula is C18H25Cl2N3O4S. The zero-order valence-corrected chi connectivity index (χ0v) is 18.3. The van der Waals surface area contributed by atoms with Gasteiger partial charge in [-0.15, -0.1) is 0 Å². The van der Waals surface area contributed by atoms with E-state index in [1.807, 2.05) is 6.92 Å². The Morgan fingerprint density at radius 1 is 1.29 bits per heavy atom. The maximum atomic E-state index is 12.7. The van der Waals surface area contributed by atoms with E-state index in [1.165, 1.54) is 16.3 Å². The summed E-state index contributed by atoms with van der Waals surface area (Å²) >= 11 is 12.1. The highest BCUT2D eigenvalue weighted by Crippen LogP contribution is 2.29. The third-order valence-corrected chi connectivity index (χ3v) is 7.25. The number of sulfonamides is 1. The van der Waals surface area contributed by atoms with E-state index in [2.05, 4.69) is 5.32 Å². The topological polar surface area (TPSA) is 86.8 Å². The summed E-state index contributed by atoms with van der Waals surface area (Å²) in [6.45, 7) is 2.21. The number of carbonyl (C=O) groups is 2. The summed E-state index contributed by atoms with van der Waals surface area (Å²) in [5, 5.41) is 3.22. The molecule has 0 saturated carbocycles. The van der Waals surface area contributed by atoms with Crippen LogP contribution in [0.4, 0.5) is 5.69 Å². The first-order valence-electron chi connectivity index (χ1n) is 9.12. The van der Waals surface area contributed by atoms with Crippen molar-refractivity contribution in [3.8, 4) is 0 Å². The first kappa shape index (κ1) is 22.9. The Balaban J connectivity index is 1.97. The van der Waals surface area contributed by atoms with Gasteiger partial charge in [-0.3, -0.25) is 9.59 Å². The number of likely N-dealkylation sites (N-methyl/N-ethyl adjacent to an activating group) is 1. The van der Waals surface area contributed by atoms with Gasteiger partial charge in [-0.2, -0.15) is 0 Å². The molecule has 10 heteroatoms. The van der Waals surface area contributed by atoms with E-state index in [4.69, 9.17) is 23.2 Å². The van der Waals surface area contributed by atoms with Gasteiger partial charge in [-0.05, 0) is 31.4 Å². The highest BCUT2D eigenvalue weighted by molar-refractivity contribution is 7.89. The smallest absolute Gasteiger partial charge is 0.244 e. The molecule has 7 nitrogen and oxygen atoms in total. The number of carbonyl (C=O) groups excluding carboxylic acids is 2. The maximum absolute atomic E-state index is 12.7. The lowest BCUT2D eigenvalue weighted by Crippen LogP contribution is -2.47. The van der Waals surface area contributed by atoms with Crippen LogP contribution < -0.4 is 5.32 Å². The van der Waals surface area contributed by atoms with E-state index in [9.17, 15) is 18.0 Å². The molecule has 1 aliphatic heterocycles. The SMILES string of the molecule is CCCS(=O)(=O)N1CCCC(C(=O)N(C)CC(=O)Nc2c(Cl)cccc2Cl)C1. The van der Waals surface area contributed by atoms with E-state index < -0.39 is 21.8 Å². The van der Waals surface area contributed by atoms with Crippen molar-refractivity contribution in [2.45, 2.75) is 26.2 Å². The second-order valence-electron chi connectivity index (χ2n) is 6.85. The largest absolute Gasteiger partial charge is 0.336 e. The van der Waals surface area contributed by atoms with Crippen LogP contribution in [-0.4, -0.2) is 61.9 Å². The molecule has 1 atom stereocenters. The Morgan fingerprint density at radius 3 is 2.54 bits per heavy atom. The van der Waals surface area contributed by atoms with E-state index >= 15 is 0 Å². The van der Waals surface area contributed by atoms with Gasteiger partial charge < -0.3 is 10.2 Å². The van der Waals surface area contributed by atoms with E-state index in [0.29, 0.717) is 41.5 Å². The van der Waals surface area contributed by atoms with Crippen molar-refractivity contribution >= 4 is 50.7 Å². The second-order valence-corrected chi connectivity index (χ2v) is 9.76. The number of hydrogen-bond acceptors (Lipinski definition) is 4. The molecule has 0 bridgehead atoms. The van der Waals surface area contributed by atoms with Crippen LogP contribution in [0.5, 0.6) is 0 Å². The lowest BCUT2D eigenvalue weighted by molar-refractivity contribution is -0.138. The van der Waals surface area contributed by atoms with Crippen molar-refractivity contribution in [2.75, 3.05) is 37.8 Å². The van der Waals surface area contributed by atoms with E-state index in [1.54, 1.807) is 18.2 Å². The van der Waals surface area contributed by atoms with Crippen molar-refractivity contribution in [2.24, 2.45) is 5.92 Å². The molecule has 0 radical (unpaired) electrons. The zero-order chi connectivity index (χ0) is 20.9. The van der Waals surface area contributed by atoms with Crippen molar-refractivity contribution < 1.29 is 18.0 Å². The summed E-state index contributed by atoms with van der Waals surface area (Å²) in [4.78, 5) is 26.3. The number of piperidine rings is 1. The number of nitrogens with one attached hydrogen (secondary N) is 1. The molecular weight excluding hydrogens is 425 g/mol. The van der Waals surface area contributed by atoms with Gasteiger partial charge in [0, 0.05) is 20.1 Å². The summed E-state index contributed by atoms with van der Waals surface area (Å²) in [6.07, 6.45) is 1.75. The lowest BCUT2D eigenvalue weighted by atomic mass is 9.98. The van der Waals surface area contributed by atoms with Crippen molar-refractivity contribution in [3.63, 3.8) is 0 Å². The van der Waals surface area contributed by atoms with Crippen molar-refractivity contribution in [1.29, 1.82) is 0 Å².